The quantitative estimate of drug-likeness (QED) is 0.716. The summed E-state index contributed by atoms with van der Waals surface area (Å²) in [5, 5.41) is 9.53. The third kappa shape index (κ3) is 2.89. The monoisotopic (exact) mass is 370 g/mol. The van der Waals surface area contributed by atoms with Gasteiger partial charge >= 0.3 is 12.1 Å². The Morgan fingerprint density at radius 2 is 1.96 bits per heavy atom. The minimum absolute atomic E-state index is 0.234. The summed E-state index contributed by atoms with van der Waals surface area (Å²) in [5.74, 6) is -1.76. The number of benzene rings is 1. The number of aromatic nitrogens is 2. The first kappa shape index (κ1) is 17.1. The molecule has 2 aromatic heterocycles. The largest absolute Gasteiger partial charge is 0.478 e. The number of rotatable bonds is 2. The topological polar surface area (TPSA) is 74.6 Å². The van der Waals surface area contributed by atoms with Crippen molar-refractivity contribution in [2.75, 3.05) is 0 Å². The van der Waals surface area contributed by atoms with Crippen molar-refractivity contribution in [2.24, 2.45) is 0 Å². The summed E-state index contributed by atoms with van der Waals surface area (Å²) >= 11 is 5.94. The van der Waals surface area contributed by atoms with E-state index >= 15 is 0 Å². The van der Waals surface area contributed by atoms with E-state index in [9.17, 15) is 22.8 Å². The Morgan fingerprint density at radius 1 is 1.28 bits per heavy atom. The van der Waals surface area contributed by atoms with Crippen LogP contribution in [0.15, 0.2) is 35.4 Å². The highest BCUT2D eigenvalue weighted by atomic mass is 35.5. The number of nitrogens with one attached hydrogen (secondary N) is 1. The Balaban J connectivity index is 2.33. The van der Waals surface area contributed by atoms with Crippen molar-refractivity contribution in [1.29, 1.82) is 0 Å². The molecule has 3 aromatic rings. The van der Waals surface area contributed by atoms with Crippen LogP contribution >= 0.6 is 11.6 Å². The van der Waals surface area contributed by atoms with E-state index in [-0.39, 0.29) is 5.69 Å². The van der Waals surface area contributed by atoms with Crippen LogP contribution in [0.25, 0.3) is 16.8 Å². The number of fused-ring (bicyclic) bond motifs is 1. The van der Waals surface area contributed by atoms with E-state index in [0.717, 1.165) is 16.2 Å². The van der Waals surface area contributed by atoms with Crippen molar-refractivity contribution in [3.8, 4) is 11.3 Å². The minimum Gasteiger partial charge on any atom is -0.478 e. The van der Waals surface area contributed by atoms with Crippen molar-refractivity contribution < 1.29 is 23.1 Å². The van der Waals surface area contributed by atoms with Gasteiger partial charge in [-0.05, 0) is 30.2 Å². The molecule has 0 spiro atoms. The minimum atomic E-state index is -4.98. The summed E-state index contributed by atoms with van der Waals surface area (Å²) in [6.45, 7) is 1.74. The van der Waals surface area contributed by atoms with E-state index in [1.165, 1.54) is 6.20 Å². The normalized spacial score (nSPS) is 11.9. The number of carboxylic acid groups (broad SMARTS) is 1. The van der Waals surface area contributed by atoms with Gasteiger partial charge in [0.15, 0.2) is 0 Å². The van der Waals surface area contributed by atoms with Crippen molar-refractivity contribution in [1.82, 2.24) is 9.38 Å². The number of carbonyl (C=O) groups is 1. The SMILES string of the molecule is Cc1cc(-c2cn3cc(C(=O)O)c(C(F)(F)F)c3c(=O)[nH]2)ccc1Cl. The molecule has 9 heteroatoms. The summed E-state index contributed by atoms with van der Waals surface area (Å²) < 4.78 is 40.6. The van der Waals surface area contributed by atoms with E-state index in [0.29, 0.717) is 10.6 Å². The first-order valence-electron chi connectivity index (χ1n) is 6.94. The van der Waals surface area contributed by atoms with Gasteiger partial charge < -0.3 is 14.5 Å². The summed E-state index contributed by atoms with van der Waals surface area (Å²) in [4.78, 5) is 25.7. The molecule has 0 aliphatic rings. The maximum atomic E-state index is 13.2. The molecule has 0 aliphatic heterocycles. The predicted octanol–water partition coefficient (Wildman–Crippen LogP) is 3.97. The lowest BCUT2D eigenvalue weighted by Crippen LogP contribution is -2.17. The number of nitrogens with zero attached hydrogens (tertiary/aromatic N) is 1. The Hall–Kier alpha value is -2.74. The maximum absolute atomic E-state index is 13.2. The molecule has 0 saturated carbocycles. The predicted molar refractivity (Wildman–Crippen MR) is 85.2 cm³/mol. The maximum Gasteiger partial charge on any atom is 0.419 e. The lowest BCUT2D eigenvalue weighted by atomic mass is 10.1. The van der Waals surface area contributed by atoms with Crippen molar-refractivity contribution in [3.63, 3.8) is 0 Å². The third-order valence-electron chi connectivity index (χ3n) is 3.75. The summed E-state index contributed by atoms with van der Waals surface area (Å²) in [7, 11) is 0. The first-order chi connectivity index (χ1) is 11.6. The number of hydrogen-bond donors (Lipinski definition) is 2. The third-order valence-corrected chi connectivity index (χ3v) is 4.17. The van der Waals surface area contributed by atoms with Gasteiger partial charge in [-0.1, -0.05) is 17.7 Å². The number of hydrogen-bond acceptors (Lipinski definition) is 2. The average molecular weight is 371 g/mol. The van der Waals surface area contributed by atoms with Crippen LogP contribution in [-0.4, -0.2) is 20.5 Å². The molecule has 0 aliphatic carbocycles. The molecule has 130 valence electrons. The van der Waals surface area contributed by atoms with Crippen LogP contribution < -0.4 is 5.56 Å². The number of aromatic carboxylic acids is 1. The van der Waals surface area contributed by atoms with Gasteiger partial charge in [0.2, 0.25) is 0 Å². The van der Waals surface area contributed by atoms with Gasteiger partial charge in [-0.25, -0.2) is 4.79 Å². The van der Waals surface area contributed by atoms with Crippen LogP contribution in [0.2, 0.25) is 5.02 Å². The number of aryl methyl sites for hydroxylation is 1. The molecular weight excluding hydrogens is 361 g/mol. The fraction of sp³-hybridized carbons (Fsp3) is 0.125. The highest BCUT2D eigenvalue weighted by Gasteiger charge is 2.40. The van der Waals surface area contributed by atoms with Crippen LogP contribution in [0, 0.1) is 6.92 Å². The molecule has 0 bridgehead atoms. The fourth-order valence-corrected chi connectivity index (χ4v) is 2.74. The smallest absolute Gasteiger partial charge is 0.419 e. The summed E-state index contributed by atoms with van der Waals surface area (Å²) in [6.07, 6.45) is -2.96. The van der Waals surface area contributed by atoms with Gasteiger partial charge in [0.1, 0.15) is 11.1 Å². The molecule has 2 N–H and O–H groups in total. The second kappa shape index (κ2) is 5.66. The lowest BCUT2D eigenvalue weighted by Gasteiger charge is -2.08. The zero-order valence-electron chi connectivity index (χ0n) is 12.6. The molecular formula is C16H10ClF3N2O3. The number of carboxylic acids is 1. The van der Waals surface area contributed by atoms with Crippen LogP contribution in [0.1, 0.15) is 21.5 Å². The number of H-pyrrole nitrogens is 1. The van der Waals surface area contributed by atoms with Gasteiger partial charge in [0, 0.05) is 17.4 Å². The van der Waals surface area contributed by atoms with Gasteiger partial charge in [0.25, 0.3) is 5.56 Å². The lowest BCUT2D eigenvalue weighted by molar-refractivity contribution is -0.136. The molecule has 1 aromatic carbocycles. The zero-order chi connectivity index (χ0) is 18.5. The summed E-state index contributed by atoms with van der Waals surface area (Å²) in [6, 6.07) is 4.85. The molecule has 3 rings (SSSR count). The van der Waals surface area contributed by atoms with Crippen LogP contribution in [0.5, 0.6) is 0 Å². The Morgan fingerprint density at radius 3 is 2.52 bits per heavy atom. The first-order valence-corrected chi connectivity index (χ1v) is 7.32. The van der Waals surface area contributed by atoms with Crippen LogP contribution in [0.3, 0.4) is 0 Å². The molecule has 5 nitrogen and oxygen atoms in total. The van der Waals surface area contributed by atoms with Gasteiger partial charge in [-0.3, -0.25) is 4.79 Å². The number of aromatic amines is 1. The average Bonchev–Trinajstić information content (AvgIpc) is 2.90. The van der Waals surface area contributed by atoms with E-state index in [4.69, 9.17) is 16.7 Å². The van der Waals surface area contributed by atoms with Gasteiger partial charge in [0.05, 0.1) is 11.3 Å². The fourth-order valence-electron chi connectivity index (χ4n) is 2.62. The second-order valence-electron chi connectivity index (χ2n) is 5.44. The van der Waals surface area contributed by atoms with Crippen molar-refractivity contribution in [3.05, 3.63) is 62.7 Å². The number of halogens is 4. The molecule has 0 fully saturated rings. The highest BCUT2D eigenvalue weighted by Crippen LogP contribution is 2.35. The summed E-state index contributed by atoms with van der Waals surface area (Å²) in [5.41, 5.74) is -2.78. The molecule has 2 heterocycles. The molecule has 0 atom stereocenters. The Bertz CT molecular complexity index is 1070. The molecule has 0 radical (unpaired) electrons. The Kier molecular flexibility index (Phi) is 3.87. The molecule has 0 saturated heterocycles. The van der Waals surface area contributed by atoms with E-state index in [2.05, 4.69) is 4.98 Å². The van der Waals surface area contributed by atoms with E-state index < -0.39 is 34.3 Å². The molecule has 0 amide bonds. The molecule has 25 heavy (non-hydrogen) atoms. The van der Waals surface area contributed by atoms with E-state index in [1.54, 1.807) is 25.1 Å². The Labute approximate surface area is 143 Å². The van der Waals surface area contributed by atoms with Crippen molar-refractivity contribution >= 4 is 23.1 Å². The second-order valence-corrected chi connectivity index (χ2v) is 5.84. The zero-order valence-corrected chi connectivity index (χ0v) is 13.4. The van der Waals surface area contributed by atoms with Gasteiger partial charge in [-0.15, -0.1) is 0 Å². The van der Waals surface area contributed by atoms with E-state index in [1.807, 2.05) is 0 Å². The van der Waals surface area contributed by atoms with Gasteiger partial charge in [-0.2, -0.15) is 13.2 Å². The highest BCUT2D eigenvalue weighted by molar-refractivity contribution is 6.31. The van der Waals surface area contributed by atoms with Crippen molar-refractivity contribution in [2.45, 2.75) is 13.1 Å². The number of alkyl halides is 3. The molecule has 0 unspecified atom stereocenters. The van der Waals surface area contributed by atoms with Crippen LogP contribution in [-0.2, 0) is 6.18 Å². The van der Waals surface area contributed by atoms with Crippen LogP contribution in [0.4, 0.5) is 13.2 Å². The standard InChI is InChI=1S/C16H10ClF3N2O3/c1-7-4-8(2-3-10(7)17)11-6-22-5-9(15(24)25)12(16(18,19)20)13(22)14(23)21-11/h2-6H,1H3,(H,21,23)(H,24,25).